The Morgan fingerprint density at radius 2 is 0.600 bits per heavy atom. The van der Waals surface area contributed by atoms with Gasteiger partial charge in [-0.05, 0) is 149 Å². The largest absolute Gasteiger partial charge is 0.309 e. The fourth-order valence-electron chi connectivity index (χ4n) is 11.5. The predicted octanol–water partition coefficient (Wildman–Crippen LogP) is 18.4. The SMILES string of the molecule is c1ccc(-c2ccccc2-c2ccc3c(c2)c2ccccc2n3-c2ccc3sc4ccc(-n5c6ccc(-c7ccccc7-c7ccccn7)cc6c6cc(-c7ccccc7-c7ccccn7)ccc65)cc4c3c2)nc1. The molecule has 0 aliphatic rings. The van der Waals surface area contributed by atoms with Crippen LogP contribution in [0.25, 0.3) is 142 Å². The molecule has 0 unspecified atom stereocenters. The number of thiophene rings is 1. The lowest BCUT2D eigenvalue weighted by atomic mass is 9.94. The Balaban J connectivity index is 0.900. The molecule has 6 aromatic heterocycles. The van der Waals surface area contributed by atoms with Crippen molar-refractivity contribution in [1.29, 1.82) is 0 Å². The second-order valence-electron chi connectivity index (χ2n) is 19.1. The van der Waals surface area contributed by atoms with Crippen molar-refractivity contribution < 1.29 is 0 Å². The lowest BCUT2D eigenvalue weighted by Crippen LogP contribution is -1.94. The van der Waals surface area contributed by atoms with Crippen molar-refractivity contribution in [3.05, 3.63) is 261 Å². The van der Waals surface area contributed by atoms with Crippen LogP contribution in [0.15, 0.2) is 261 Å². The normalized spacial score (nSPS) is 11.7. The number of hydrogen-bond acceptors (Lipinski definition) is 4. The van der Waals surface area contributed by atoms with Gasteiger partial charge in [0.2, 0.25) is 0 Å². The molecule has 15 rings (SSSR count). The second kappa shape index (κ2) is 17.5. The molecule has 0 saturated carbocycles. The zero-order valence-corrected chi connectivity index (χ0v) is 41.3. The van der Waals surface area contributed by atoms with E-state index in [0.29, 0.717) is 0 Å². The minimum absolute atomic E-state index is 0.953. The van der Waals surface area contributed by atoms with Crippen molar-refractivity contribution in [2.45, 2.75) is 0 Å². The van der Waals surface area contributed by atoms with Crippen molar-refractivity contribution in [1.82, 2.24) is 24.1 Å². The summed E-state index contributed by atoms with van der Waals surface area (Å²) in [5, 5.41) is 7.28. The summed E-state index contributed by atoms with van der Waals surface area (Å²) in [6, 6.07) is 87.8. The number of rotatable bonds is 8. The average Bonchev–Trinajstić information content (AvgIpc) is 4.21. The summed E-state index contributed by atoms with van der Waals surface area (Å²) in [5.74, 6) is 0. The number of pyridine rings is 3. The van der Waals surface area contributed by atoms with Crippen molar-refractivity contribution in [2.75, 3.05) is 0 Å². The Morgan fingerprint density at radius 3 is 1.00 bits per heavy atom. The molecule has 0 fully saturated rings. The molecule has 0 aliphatic carbocycles. The smallest absolute Gasteiger partial charge is 0.0708 e. The summed E-state index contributed by atoms with van der Waals surface area (Å²) in [6.07, 6.45) is 5.60. The van der Waals surface area contributed by atoms with Gasteiger partial charge in [0.15, 0.2) is 0 Å². The second-order valence-corrected chi connectivity index (χ2v) is 20.2. The predicted molar refractivity (Wildman–Crippen MR) is 314 cm³/mol. The quantitative estimate of drug-likeness (QED) is 0.152. The van der Waals surface area contributed by atoms with E-state index in [2.05, 4.69) is 234 Å². The number of fused-ring (bicyclic) bond motifs is 9. The molecule has 6 heteroatoms. The monoisotopic (exact) mass is 973 g/mol. The maximum Gasteiger partial charge on any atom is 0.0708 e. The van der Waals surface area contributed by atoms with E-state index < -0.39 is 0 Å². The lowest BCUT2D eigenvalue weighted by molar-refractivity contribution is 1.18. The van der Waals surface area contributed by atoms with Crippen LogP contribution in [0.3, 0.4) is 0 Å². The Hall–Kier alpha value is -9.75. The van der Waals surface area contributed by atoms with E-state index in [1.54, 1.807) is 0 Å². The van der Waals surface area contributed by atoms with Gasteiger partial charge >= 0.3 is 0 Å². The number of hydrogen-bond donors (Lipinski definition) is 0. The molecule has 0 saturated heterocycles. The minimum atomic E-state index is 0.953. The van der Waals surface area contributed by atoms with Crippen molar-refractivity contribution in [3.8, 4) is 78.5 Å². The third kappa shape index (κ3) is 7.10. The van der Waals surface area contributed by atoms with E-state index in [-0.39, 0.29) is 0 Å². The maximum atomic E-state index is 4.77. The molecule has 9 aromatic carbocycles. The van der Waals surface area contributed by atoms with E-state index >= 15 is 0 Å². The van der Waals surface area contributed by atoms with E-state index in [1.807, 2.05) is 48.1 Å². The zero-order valence-electron chi connectivity index (χ0n) is 40.5. The van der Waals surface area contributed by atoms with Crippen molar-refractivity contribution >= 4 is 75.1 Å². The highest BCUT2D eigenvalue weighted by Gasteiger charge is 2.20. The van der Waals surface area contributed by atoms with Crippen LogP contribution in [0.2, 0.25) is 0 Å². The fourth-order valence-corrected chi connectivity index (χ4v) is 12.6. The summed E-state index contributed by atoms with van der Waals surface area (Å²) in [6.45, 7) is 0. The van der Waals surface area contributed by atoms with Crippen LogP contribution in [0.4, 0.5) is 0 Å². The van der Waals surface area contributed by atoms with Gasteiger partial charge in [-0.2, -0.15) is 0 Å². The highest BCUT2D eigenvalue weighted by Crippen LogP contribution is 2.44. The molecular weight excluding hydrogens is 931 g/mol. The van der Waals surface area contributed by atoms with Gasteiger partial charge < -0.3 is 9.13 Å². The standard InChI is InChI=1S/C69H43N5S/c1-4-18-52(61-22-9-12-36-70-61)49(15-1)44-26-31-65-56(39-44)55-21-7-8-25-64(55)73(65)47-29-34-68-59(42-47)60-43-48(30-35-69(60)75-68)74-66-32-27-45(50-16-2-5-19-53(50)62-23-10-13-37-71-62)40-57(66)58-41-46(28-33-67(58)74)51-17-3-6-20-54(51)63-24-11-14-38-72-63/h1-43H. The van der Waals surface area contributed by atoms with Gasteiger partial charge in [0.25, 0.3) is 0 Å². The van der Waals surface area contributed by atoms with Crippen LogP contribution < -0.4 is 0 Å². The topological polar surface area (TPSA) is 48.5 Å². The van der Waals surface area contributed by atoms with Gasteiger partial charge in [-0.25, -0.2) is 0 Å². The third-order valence-corrected chi connectivity index (χ3v) is 16.1. The highest BCUT2D eigenvalue weighted by molar-refractivity contribution is 7.25. The summed E-state index contributed by atoms with van der Waals surface area (Å²) in [5.41, 5.74) is 20.0. The number of nitrogens with zero attached hydrogens (tertiary/aromatic N) is 5. The molecule has 350 valence electrons. The molecular formula is C69H43N5S. The first-order valence-electron chi connectivity index (χ1n) is 25.3. The fraction of sp³-hybridized carbons (Fsp3) is 0. The maximum absolute atomic E-state index is 4.77. The summed E-state index contributed by atoms with van der Waals surface area (Å²) in [7, 11) is 0. The van der Waals surface area contributed by atoms with Gasteiger partial charge in [-0.15, -0.1) is 11.3 Å². The van der Waals surface area contributed by atoms with Crippen molar-refractivity contribution in [2.24, 2.45) is 0 Å². The number of para-hydroxylation sites is 1. The molecule has 0 spiro atoms. The van der Waals surface area contributed by atoms with Crippen molar-refractivity contribution in [3.63, 3.8) is 0 Å². The van der Waals surface area contributed by atoms with E-state index in [9.17, 15) is 0 Å². The Labute approximate surface area is 436 Å². The van der Waals surface area contributed by atoms with Gasteiger partial charge in [0, 0.05) is 88.4 Å². The summed E-state index contributed by atoms with van der Waals surface area (Å²) >= 11 is 1.85. The van der Waals surface area contributed by atoms with Gasteiger partial charge in [0.05, 0.1) is 39.1 Å². The molecule has 15 aromatic rings. The van der Waals surface area contributed by atoms with Crippen LogP contribution in [-0.4, -0.2) is 24.1 Å². The first kappa shape index (κ1) is 42.9. The molecule has 0 atom stereocenters. The average molecular weight is 974 g/mol. The first-order chi connectivity index (χ1) is 37.2. The highest BCUT2D eigenvalue weighted by atomic mass is 32.1. The molecule has 0 radical (unpaired) electrons. The Bertz CT molecular complexity index is 4560. The molecule has 0 N–H and O–H groups in total. The summed E-state index contributed by atoms with van der Waals surface area (Å²) < 4.78 is 7.41. The van der Waals surface area contributed by atoms with E-state index in [0.717, 1.165) is 84.0 Å². The molecule has 0 aliphatic heterocycles. The molecule has 75 heavy (non-hydrogen) atoms. The Kier molecular flexibility index (Phi) is 10.00. The van der Waals surface area contributed by atoms with Crippen LogP contribution in [-0.2, 0) is 0 Å². The van der Waals surface area contributed by atoms with Gasteiger partial charge in [-0.3, -0.25) is 15.0 Å². The van der Waals surface area contributed by atoms with E-state index in [1.165, 1.54) is 58.3 Å². The summed E-state index contributed by atoms with van der Waals surface area (Å²) in [4.78, 5) is 14.3. The molecule has 0 bridgehead atoms. The minimum Gasteiger partial charge on any atom is -0.309 e. The molecule has 5 nitrogen and oxygen atoms in total. The van der Waals surface area contributed by atoms with Crippen LogP contribution in [0, 0.1) is 0 Å². The van der Waals surface area contributed by atoms with Gasteiger partial charge in [0.1, 0.15) is 0 Å². The number of aromatic nitrogens is 5. The zero-order chi connectivity index (χ0) is 49.4. The molecule has 0 amide bonds. The third-order valence-electron chi connectivity index (χ3n) is 14.9. The van der Waals surface area contributed by atoms with Crippen LogP contribution >= 0.6 is 11.3 Å². The first-order valence-corrected chi connectivity index (χ1v) is 26.1. The van der Waals surface area contributed by atoms with Crippen LogP contribution in [0.5, 0.6) is 0 Å². The lowest BCUT2D eigenvalue weighted by Gasteiger charge is -2.12. The Morgan fingerprint density at radius 1 is 0.253 bits per heavy atom. The molecule has 6 heterocycles. The van der Waals surface area contributed by atoms with E-state index in [4.69, 9.17) is 15.0 Å². The van der Waals surface area contributed by atoms with Gasteiger partial charge in [-0.1, -0.05) is 127 Å². The van der Waals surface area contributed by atoms with Crippen LogP contribution in [0.1, 0.15) is 0 Å². The number of benzene rings is 9.